The van der Waals surface area contributed by atoms with Crippen molar-refractivity contribution < 1.29 is 19.1 Å². The summed E-state index contributed by atoms with van der Waals surface area (Å²) in [7, 11) is 4.36. The summed E-state index contributed by atoms with van der Waals surface area (Å²) in [6, 6.07) is 0. The van der Waals surface area contributed by atoms with Crippen LogP contribution in [0, 0.1) is 11.8 Å². The van der Waals surface area contributed by atoms with Crippen LogP contribution in [-0.4, -0.2) is 75.2 Å². The molecular formula is C49H98N2O4. The van der Waals surface area contributed by atoms with Gasteiger partial charge in [-0.3, -0.25) is 9.59 Å². The Hall–Kier alpha value is -1.14. The zero-order chi connectivity index (χ0) is 40.5. The van der Waals surface area contributed by atoms with Crippen LogP contribution in [0.5, 0.6) is 0 Å². The number of likely N-dealkylation sites (N-methyl/N-ethyl adjacent to an activating group) is 1. The van der Waals surface area contributed by atoms with Gasteiger partial charge in [0.25, 0.3) is 0 Å². The summed E-state index contributed by atoms with van der Waals surface area (Å²) in [5, 5.41) is 0. The van der Waals surface area contributed by atoms with E-state index in [0.29, 0.717) is 37.9 Å². The molecule has 0 aromatic rings. The molecule has 0 aliphatic rings. The zero-order valence-corrected chi connectivity index (χ0v) is 38.3. The third-order valence-electron chi connectivity index (χ3n) is 11.6. The Morgan fingerprint density at radius 1 is 0.382 bits per heavy atom. The van der Waals surface area contributed by atoms with Crippen molar-refractivity contribution in [2.75, 3.05) is 53.5 Å². The third-order valence-corrected chi connectivity index (χ3v) is 11.6. The highest BCUT2D eigenvalue weighted by atomic mass is 16.5. The first-order valence-corrected chi connectivity index (χ1v) is 24.5. The first-order chi connectivity index (χ1) is 26.9. The van der Waals surface area contributed by atoms with Gasteiger partial charge in [0.15, 0.2) is 0 Å². The molecule has 0 heterocycles. The van der Waals surface area contributed by atoms with E-state index in [2.05, 4.69) is 51.6 Å². The number of hydrogen-bond acceptors (Lipinski definition) is 6. The lowest BCUT2D eigenvalue weighted by Gasteiger charge is -2.24. The molecular weight excluding hydrogens is 681 g/mol. The number of rotatable bonds is 44. The number of carbonyl (C=O) groups is 2. The average molecular weight is 779 g/mol. The number of ether oxygens (including phenoxy) is 2. The standard InChI is InChI=1S/C49H98N2O4/c1-7-11-15-28-36-46(34-13-9-3)44-54-48(52)38-30-24-20-17-18-22-26-32-40-51(43-42-50(5)6)41-33-27-23-19-21-25-31-39-49(53)55-45-47(35-14-10-4)37-29-16-12-8-2/h46-47H,7-45H2,1-6H3. The van der Waals surface area contributed by atoms with Gasteiger partial charge in [-0.05, 0) is 90.4 Å². The minimum Gasteiger partial charge on any atom is -0.465 e. The molecule has 6 heteroatoms. The van der Waals surface area contributed by atoms with Gasteiger partial charge in [0.2, 0.25) is 0 Å². The highest BCUT2D eigenvalue weighted by Crippen LogP contribution is 2.20. The molecule has 0 aliphatic heterocycles. The van der Waals surface area contributed by atoms with Crippen molar-refractivity contribution in [1.29, 1.82) is 0 Å². The molecule has 0 N–H and O–H groups in total. The minimum absolute atomic E-state index is 0.0212. The maximum absolute atomic E-state index is 12.4. The van der Waals surface area contributed by atoms with Crippen molar-refractivity contribution in [3.8, 4) is 0 Å². The van der Waals surface area contributed by atoms with Gasteiger partial charge in [0.05, 0.1) is 13.2 Å². The van der Waals surface area contributed by atoms with E-state index in [-0.39, 0.29) is 11.9 Å². The minimum atomic E-state index is 0.0212. The smallest absolute Gasteiger partial charge is 0.305 e. The normalized spacial score (nSPS) is 12.8. The van der Waals surface area contributed by atoms with Crippen LogP contribution in [0.1, 0.15) is 240 Å². The van der Waals surface area contributed by atoms with Gasteiger partial charge in [0, 0.05) is 25.9 Å². The van der Waals surface area contributed by atoms with Crippen molar-refractivity contribution in [3.05, 3.63) is 0 Å². The molecule has 0 amide bonds. The van der Waals surface area contributed by atoms with Gasteiger partial charge in [-0.15, -0.1) is 0 Å². The molecule has 0 aromatic carbocycles. The monoisotopic (exact) mass is 779 g/mol. The third kappa shape index (κ3) is 39.5. The zero-order valence-electron chi connectivity index (χ0n) is 38.3. The van der Waals surface area contributed by atoms with Crippen LogP contribution in [0.3, 0.4) is 0 Å². The molecule has 0 saturated heterocycles. The molecule has 55 heavy (non-hydrogen) atoms. The second kappa shape index (κ2) is 42.5. The van der Waals surface area contributed by atoms with Gasteiger partial charge >= 0.3 is 11.9 Å². The molecule has 0 aromatic heterocycles. The van der Waals surface area contributed by atoms with Crippen molar-refractivity contribution in [3.63, 3.8) is 0 Å². The largest absolute Gasteiger partial charge is 0.465 e. The van der Waals surface area contributed by atoms with Crippen molar-refractivity contribution in [2.24, 2.45) is 11.8 Å². The molecule has 0 bridgehead atoms. The van der Waals surface area contributed by atoms with E-state index in [1.807, 2.05) is 0 Å². The molecule has 6 nitrogen and oxygen atoms in total. The molecule has 328 valence electrons. The molecule has 0 aliphatic carbocycles. The van der Waals surface area contributed by atoms with Gasteiger partial charge in [-0.2, -0.15) is 0 Å². The van der Waals surface area contributed by atoms with Gasteiger partial charge in [-0.1, -0.05) is 175 Å². The Labute approximate surface area is 344 Å². The van der Waals surface area contributed by atoms with Crippen molar-refractivity contribution in [1.82, 2.24) is 9.80 Å². The van der Waals surface area contributed by atoms with Crippen LogP contribution in [0.2, 0.25) is 0 Å². The number of esters is 2. The fourth-order valence-electron chi connectivity index (χ4n) is 7.72. The number of carbonyl (C=O) groups excluding carboxylic acids is 2. The summed E-state index contributed by atoms with van der Waals surface area (Å²) in [5.41, 5.74) is 0. The first kappa shape index (κ1) is 53.9. The molecule has 2 atom stereocenters. The first-order valence-electron chi connectivity index (χ1n) is 24.5. The summed E-state index contributed by atoms with van der Waals surface area (Å²) < 4.78 is 11.4. The van der Waals surface area contributed by atoms with Crippen molar-refractivity contribution in [2.45, 2.75) is 240 Å². The molecule has 0 radical (unpaired) electrons. The lowest BCUT2D eigenvalue weighted by molar-refractivity contribution is -0.146. The quantitative estimate of drug-likeness (QED) is 0.0453. The van der Waals surface area contributed by atoms with Crippen LogP contribution >= 0.6 is 0 Å². The van der Waals surface area contributed by atoms with Crippen LogP contribution in [0.15, 0.2) is 0 Å². The molecule has 2 unspecified atom stereocenters. The predicted octanol–water partition coefficient (Wildman–Crippen LogP) is 14.1. The van der Waals surface area contributed by atoms with Crippen LogP contribution in [-0.2, 0) is 19.1 Å². The van der Waals surface area contributed by atoms with Crippen LogP contribution in [0.4, 0.5) is 0 Å². The van der Waals surface area contributed by atoms with Crippen LogP contribution in [0.25, 0.3) is 0 Å². The SMILES string of the molecule is CCCCCCC(CCCC)COC(=O)CCCCCCCCCCN(CCCCCCCCCC(=O)OCC(CCCC)CCCCCC)CCN(C)C. The molecule has 0 saturated carbocycles. The second-order valence-electron chi connectivity index (χ2n) is 17.5. The predicted molar refractivity (Wildman–Crippen MR) is 239 cm³/mol. The summed E-state index contributed by atoms with van der Waals surface area (Å²) in [5.74, 6) is 1.15. The van der Waals surface area contributed by atoms with E-state index < -0.39 is 0 Å². The Balaban J connectivity index is 3.94. The fraction of sp³-hybridized carbons (Fsp3) is 0.959. The van der Waals surface area contributed by atoms with Crippen LogP contribution < -0.4 is 0 Å². The Morgan fingerprint density at radius 2 is 0.709 bits per heavy atom. The Kier molecular flexibility index (Phi) is 41.6. The second-order valence-corrected chi connectivity index (χ2v) is 17.5. The van der Waals surface area contributed by atoms with E-state index in [1.54, 1.807) is 0 Å². The number of nitrogens with zero attached hydrogens (tertiary/aromatic N) is 2. The summed E-state index contributed by atoms with van der Waals surface area (Å²) in [6.45, 7) is 15.0. The topological polar surface area (TPSA) is 59.1 Å². The van der Waals surface area contributed by atoms with E-state index in [0.717, 1.165) is 32.2 Å². The highest BCUT2D eigenvalue weighted by molar-refractivity contribution is 5.69. The van der Waals surface area contributed by atoms with E-state index in [9.17, 15) is 9.59 Å². The maximum atomic E-state index is 12.4. The Bertz CT molecular complexity index is 806. The molecule has 0 spiro atoms. The van der Waals surface area contributed by atoms with E-state index in [1.165, 1.54) is 193 Å². The Morgan fingerprint density at radius 3 is 1.07 bits per heavy atom. The number of unbranched alkanes of at least 4 members (excludes halogenated alkanes) is 21. The summed E-state index contributed by atoms with van der Waals surface area (Å²) in [6.07, 6.45) is 39.8. The lowest BCUT2D eigenvalue weighted by Crippen LogP contribution is -2.33. The summed E-state index contributed by atoms with van der Waals surface area (Å²) >= 11 is 0. The molecule has 0 fully saturated rings. The fourth-order valence-corrected chi connectivity index (χ4v) is 7.72. The van der Waals surface area contributed by atoms with Gasteiger partial charge < -0.3 is 19.3 Å². The maximum Gasteiger partial charge on any atom is 0.305 e. The average Bonchev–Trinajstić information content (AvgIpc) is 3.18. The highest BCUT2D eigenvalue weighted by Gasteiger charge is 2.13. The lowest BCUT2D eigenvalue weighted by atomic mass is 9.96. The van der Waals surface area contributed by atoms with Gasteiger partial charge in [0.1, 0.15) is 0 Å². The van der Waals surface area contributed by atoms with E-state index in [4.69, 9.17) is 9.47 Å². The number of hydrogen-bond donors (Lipinski definition) is 0. The summed E-state index contributed by atoms with van der Waals surface area (Å²) in [4.78, 5) is 29.7. The van der Waals surface area contributed by atoms with Crippen molar-refractivity contribution >= 4 is 11.9 Å². The van der Waals surface area contributed by atoms with Gasteiger partial charge in [-0.25, -0.2) is 0 Å². The van der Waals surface area contributed by atoms with E-state index >= 15 is 0 Å². The molecule has 0 rings (SSSR count).